The summed E-state index contributed by atoms with van der Waals surface area (Å²) in [5.74, 6) is 1.97. The molecule has 0 unspecified atom stereocenters. The Balaban J connectivity index is 1.61. The van der Waals surface area contributed by atoms with E-state index in [-0.39, 0.29) is 11.8 Å². The summed E-state index contributed by atoms with van der Waals surface area (Å²) in [4.78, 5) is 24.0. The third-order valence-corrected chi connectivity index (χ3v) is 5.40. The van der Waals surface area contributed by atoms with Crippen LogP contribution in [0.2, 0.25) is 0 Å². The number of rotatable bonds is 5. The fourth-order valence-corrected chi connectivity index (χ4v) is 3.61. The van der Waals surface area contributed by atoms with E-state index in [4.69, 9.17) is 4.98 Å². The van der Waals surface area contributed by atoms with Crippen molar-refractivity contribution in [3.63, 3.8) is 0 Å². The smallest absolute Gasteiger partial charge is 0.225 e. The number of nitrogens with one attached hydrogen (secondary N) is 1. The van der Waals surface area contributed by atoms with Gasteiger partial charge in [0.2, 0.25) is 11.9 Å². The van der Waals surface area contributed by atoms with E-state index in [1.165, 1.54) is 12.8 Å². The lowest BCUT2D eigenvalue weighted by Crippen LogP contribution is -2.36. The number of aromatic nitrogens is 2. The second-order valence-electron chi connectivity index (χ2n) is 7.40. The quantitative estimate of drug-likeness (QED) is 0.844. The molecule has 132 valence electrons. The predicted molar refractivity (Wildman–Crippen MR) is 96.1 cm³/mol. The minimum absolute atomic E-state index is 0.0830. The topological polar surface area (TPSA) is 58.1 Å². The molecule has 2 aliphatic rings. The predicted octanol–water partition coefficient (Wildman–Crippen LogP) is 2.73. The van der Waals surface area contributed by atoms with E-state index >= 15 is 0 Å². The Morgan fingerprint density at radius 2 is 2.12 bits per heavy atom. The molecular weight excluding hydrogens is 300 g/mol. The van der Waals surface area contributed by atoms with Gasteiger partial charge in [-0.2, -0.15) is 0 Å². The van der Waals surface area contributed by atoms with Crippen LogP contribution in [0.25, 0.3) is 0 Å². The molecule has 1 N–H and O–H groups in total. The highest BCUT2D eigenvalue weighted by atomic mass is 16.1. The van der Waals surface area contributed by atoms with Crippen LogP contribution in [0.1, 0.15) is 57.2 Å². The van der Waals surface area contributed by atoms with Gasteiger partial charge in [-0.3, -0.25) is 4.79 Å². The van der Waals surface area contributed by atoms with Gasteiger partial charge in [0.1, 0.15) is 0 Å². The number of amides is 1. The van der Waals surface area contributed by atoms with Gasteiger partial charge in [0.25, 0.3) is 0 Å². The van der Waals surface area contributed by atoms with Crippen molar-refractivity contribution in [3.8, 4) is 0 Å². The van der Waals surface area contributed by atoms with Gasteiger partial charge in [-0.25, -0.2) is 9.97 Å². The summed E-state index contributed by atoms with van der Waals surface area (Å²) < 4.78 is 0. The number of carbonyl (C=O) groups is 1. The molecule has 1 fully saturated rings. The minimum Gasteiger partial charge on any atom is -0.356 e. The molecule has 0 bridgehead atoms. The Hall–Kier alpha value is -1.65. The molecule has 1 aromatic heterocycles. The molecule has 0 aromatic carbocycles. The Bertz CT molecular complexity index is 566. The highest BCUT2D eigenvalue weighted by Crippen LogP contribution is 2.27. The zero-order chi connectivity index (χ0) is 16.9. The van der Waals surface area contributed by atoms with Crippen molar-refractivity contribution in [3.05, 3.63) is 17.5 Å². The average Bonchev–Trinajstić information content (AvgIpc) is 2.61. The second-order valence-corrected chi connectivity index (χ2v) is 7.40. The van der Waals surface area contributed by atoms with Crippen molar-refractivity contribution in [2.45, 2.75) is 58.8 Å². The number of piperidine rings is 1. The van der Waals surface area contributed by atoms with Crippen molar-refractivity contribution in [2.75, 3.05) is 24.5 Å². The monoisotopic (exact) mass is 330 g/mol. The lowest BCUT2D eigenvalue weighted by molar-refractivity contribution is -0.125. The van der Waals surface area contributed by atoms with Crippen LogP contribution in [0.4, 0.5) is 5.95 Å². The highest BCUT2D eigenvalue weighted by molar-refractivity contribution is 5.79. The van der Waals surface area contributed by atoms with E-state index in [2.05, 4.69) is 29.0 Å². The normalized spacial score (nSPS) is 21.4. The van der Waals surface area contributed by atoms with Crippen LogP contribution in [0.3, 0.4) is 0 Å². The molecule has 1 aliphatic carbocycles. The highest BCUT2D eigenvalue weighted by Gasteiger charge is 2.27. The summed E-state index contributed by atoms with van der Waals surface area (Å²) in [6, 6.07) is 0. The first-order valence-corrected chi connectivity index (χ1v) is 9.54. The number of hydrogen-bond acceptors (Lipinski definition) is 4. The largest absolute Gasteiger partial charge is 0.356 e. The van der Waals surface area contributed by atoms with E-state index in [9.17, 15) is 4.79 Å². The van der Waals surface area contributed by atoms with Crippen LogP contribution in [-0.2, 0) is 17.6 Å². The molecule has 0 radical (unpaired) electrons. The third kappa shape index (κ3) is 4.05. The van der Waals surface area contributed by atoms with Gasteiger partial charge in [-0.05, 0) is 50.0 Å². The third-order valence-electron chi connectivity index (χ3n) is 5.40. The van der Waals surface area contributed by atoms with Crippen LogP contribution in [0.5, 0.6) is 0 Å². The zero-order valence-electron chi connectivity index (χ0n) is 15.1. The Morgan fingerprint density at radius 1 is 1.33 bits per heavy atom. The van der Waals surface area contributed by atoms with Crippen LogP contribution >= 0.6 is 0 Å². The van der Waals surface area contributed by atoms with Crippen LogP contribution < -0.4 is 10.2 Å². The number of anilines is 1. The molecule has 24 heavy (non-hydrogen) atoms. The number of nitrogens with zero attached hydrogens (tertiary/aromatic N) is 3. The van der Waals surface area contributed by atoms with Gasteiger partial charge in [0.15, 0.2) is 0 Å². The fraction of sp³-hybridized carbons (Fsp3) is 0.737. The van der Waals surface area contributed by atoms with Crippen molar-refractivity contribution in [1.82, 2.24) is 15.3 Å². The Morgan fingerprint density at radius 3 is 2.88 bits per heavy atom. The molecule has 5 nitrogen and oxygen atoms in total. The van der Waals surface area contributed by atoms with Crippen LogP contribution in [-0.4, -0.2) is 35.5 Å². The molecular formula is C19H30N4O. The molecule has 0 saturated carbocycles. The lowest BCUT2D eigenvalue weighted by Gasteiger charge is -2.31. The summed E-state index contributed by atoms with van der Waals surface area (Å²) >= 11 is 0. The molecule has 1 amide bonds. The number of hydrogen-bond donors (Lipinski definition) is 1. The van der Waals surface area contributed by atoms with Crippen molar-refractivity contribution in [1.29, 1.82) is 0 Å². The van der Waals surface area contributed by atoms with E-state index in [1.54, 1.807) is 0 Å². The maximum atomic E-state index is 12.3. The van der Waals surface area contributed by atoms with Crippen LogP contribution in [0.15, 0.2) is 6.20 Å². The summed E-state index contributed by atoms with van der Waals surface area (Å²) in [7, 11) is 0. The molecule has 2 heterocycles. The first-order chi connectivity index (χ1) is 11.7. The molecule has 0 spiro atoms. The minimum atomic E-state index is 0.0830. The molecule has 1 atom stereocenters. The summed E-state index contributed by atoms with van der Waals surface area (Å²) in [5, 5.41) is 3.06. The van der Waals surface area contributed by atoms with Gasteiger partial charge in [-0.1, -0.05) is 20.3 Å². The molecule has 1 aromatic rings. The Labute approximate surface area is 145 Å². The van der Waals surface area contributed by atoms with E-state index < -0.39 is 0 Å². The van der Waals surface area contributed by atoms with Crippen molar-refractivity contribution < 1.29 is 4.79 Å². The number of unbranched alkanes of at least 4 members (excludes halogenated alkanes) is 1. The van der Waals surface area contributed by atoms with Crippen LogP contribution in [0, 0.1) is 11.8 Å². The van der Waals surface area contributed by atoms with Gasteiger partial charge >= 0.3 is 0 Å². The van der Waals surface area contributed by atoms with Crippen molar-refractivity contribution >= 4 is 11.9 Å². The van der Waals surface area contributed by atoms with Crippen molar-refractivity contribution in [2.24, 2.45) is 11.8 Å². The molecule has 1 saturated heterocycles. The van der Waals surface area contributed by atoms with E-state index in [0.717, 1.165) is 74.9 Å². The van der Waals surface area contributed by atoms with Gasteiger partial charge < -0.3 is 10.2 Å². The summed E-state index contributed by atoms with van der Waals surface area (Å²) in [5.41, 5.74) is 2.31. The average molecular weight is 330 g/mol. The first-order valence-electron chi connectivity index (χ1n) is 9.54. The maximum absolute atomic E-state index is 12.3. The fourth-order valence-electron chi connectivity index (χ4n) is 3.61. The van der Waals surface area contributed by atoms with Gasteiger partial charge in [-0.15, -0.1) is 0 Å². The SMILES string of the molecule is CCCCNC(=O)[C@H]1CCc2nc(N3CCC(C)CC3)ncc2C1. The van der Waals surface area contributed by atoms with Gasteiger partial charge in [0, 0.05) is 37.4 Å². The van der Waals surface area contributed by atoms with Gasteiger partial charge in [0.05, 0.1) is 0 Å². The molecule has 5 heteroatoms. The zero-order valence-corrected chi connectivity index (χ0v) is 15.1. The number of fused-ring (bicyclic) bond motifs is 1. The number of aryl methyl sites for hydroxylation is 1. The molecule has 1 aliphatic heterocycles. The lowest BCUT2D eigenvalue weighted by atomic mass is 9.86. The molecule has 3 rings (SSSR count). The number of carbonyl (C=O) groups excluding carboxylic acids is 1. The summed E-state index contributed by atoms with van der Waals surface area (Å²) in [6.07, 6.45) is 9.14. The standard InChI is InChI=1S/C19H30N4O/c1-3-4-9-20-18(24)15-5-6-17-16(12-15)13-21-19(22-17)23-10-7-14(2)8-11-23/h13-15H,3-12H2,1-2H3,(H,20,24)/t15-/m0/s1. The Kier molecular flexibility index (Phi) is 5.69. The maximum Gasteiger partial charge on any atom is 0.225 e. The second kappa shape index (κ2) is 7.95. The first kappa shape index (κ1) is 17.2. The van der Waals surface area contributed by atoms with E-state index in [0.29, 0.717) is 0 Å². The summed E-state index contributed by atoms with van der Waals surface area (Å²) in [6.45, 7) is 7.37. The van der Waals surface area contributed by atoms with E-state index in [1.807, 2.05) is 6.20 Å².